The van der Waals surface area contributed by atoms with E-state index in [0.29, 0.717) is 28.8 Å². The van der Waals surface area contributed by atoms with Crippen LogP contribution in [0, 0.1) is 12.7 Å². The largest absolute Gasteiger partial charge is 0.368 e. The van der Waals surface area contributed by atoms with Crippen LogP contribution in [0.15, 0.2) is 23.4 Å². The van der Waals surface area contributed by atoms with Gasteiger partial charge in [-0.1, -0.05) is 17.8 Å². The van der Waals surface area contributed by atoms with Crippen LogP contribution < -0.4 is 5.73 Å². The lowest BCUT2D eigenvalue weighted by Gasteiger charge is -2.07. The van der Waals surface area contributed by atoms with Crippen LogP contribution in [-0.4, -0.2) is 30.2 Å². The zero-order chi connectivity index (χ0) is 17.3. The van der Waals surface area contributed by atoms with E-state index in [1.54, 1.807) is 17.6 Å². The summed E-state index contributed by atoms with van der Waals surface area (Å²) in [6.45, 7) is 4.46. The molecule has 9 heteroatoms. The molecule has 0 aliphatic rings. The zero-order valence-corrected chi connectivity index (χ0v) is 14.2. The molecule has 1 aromatic carbocycles. The standard InChI is InChI=1S/C15H17FN6OS/c1-3-21-11-6-4-5-10(16)14(11)18-13(21)8-24-15-20-19-9(2)22(15)7-12(17)23/h4-6H,3,7-8H2,1-2H3,(H2,17,23). The lowest BCUT2D eigenvalue weighted by atomic mass is 10.3. The molecular weight excluding hydrogens is 331 g/mol. The Hall–Kier alpha value is -2.42. The van der Waals surface area contributed by atoms with E-state index < -0.39 is 5.91 Å². The lowest BCUT2D eigenvalue weighted by Crippen LogP contribution is -2.20. The number of halogens is 1. The van der Waals surface area contributed by atoms with Gasteiger partial charge in [-0.2, -0.15) is 0 Å². The number of fused-ring (bicyclic) bond motifs is 1. The van der Waals surface area contributed by atoms with Crippen molar-refractivity contribution < 1.29 is 9.18 Å². The third-order valence-corrected chi connectivity index (χ3v) is 4.63. The first kappa shape index (κ1) is 16.4. The van der Waals surface area contributed by atoms with Gasteiger partial charge in [-0.25, -0.2) is 9.37 Å². The number of benzene rings is 1. The Morgan fingerprint density at radius 2 is 2.12 bits per heavy atom. The summed E-state index contributed by atoms with van der Waals surface area (Å²) in [7, 11) is 0. The molecule has 0 saturated carbocycles. The van der Waals surface area contributed by atoms with Crippen LogP contribution in [-0.2, 0) is 23.6 Å². The monoisotopic (exact) mass is 348 g/mol. The quantitative estimate of drug-likeness (QED) is 0.687. The fraction of sp³-hybridized carbons (Fsp3) is 0.333. The molecule has 2 aromatic heterocycles. The molecule has 0 bridgehead atoms. The van der Waals surface area contributed by atoms with Gasteiger partial charge < -0.3 is 10.3 Å². The Kier molecular flexibility index (Phi) is 4.52. The third-order valence-electron chi connectivity index (χ3n) is 3.67. The molecule has 2 heterocycles. The van der Waals surface area contributed by atoms with Crippen LogP contribution in [0.5, 0.6) is 0 Å². The van der Waals surface area contributed by atoms with Gasteiger partial charge >= 0.3 is 0 Å². The molecule has 3 aromatic rings. The second-order valence-electron chi connectivity index (χ2n) is 5.25. The van der Waals surface area contributed by atoms with E-state index in [-0.39, 0.29) is 12.4 Å². The molecule has 0 unspecified atom stereocenters. The topological polar surface area (TPSA) is 91.6 Å². The van der Waals surface area contributed by atoms with Crippen molar-refractivity contribution in [2.75, 3.05) is 0 Å². The van der Waals surface area contributed by atoms with E-state index in [1.807, 2.05) is 17.6 Å². The number of hydrogen-bond acceptors (Lipinski definition) is 5. The predicted octanol–water partition coefficient (Wildman–Crippen LogP) is 1.87. The van der Waals surface area contributed by atoms with E-state index in [4.69, 9.17) is 5.73 Å². The molecule has 0 atom stereocenters. The highest BCUT2D eigenvalue weighted by atomic mass is 32.2. The van der Waals surface area contributed by atoms with Gasteiger partial charge in [-0.3, -0.25) is 9.36 Å². The molecule has 126 valence electrons. The van der Waals surface area contributed by atoms with Crippen molar-refractivity contribution >= 4 is 28.7 Å². The Morgan fingerprint density at radius 1 is 1.33 bits per heavy atom. The van der Waals surface area contributed by atoms with E-state index >= 15 is 0 Å². The van der Waals surface area contributed by atoms with Crippen molar-refractivity contribution in [3.63, 3.8) is 0 Å². The van der Waals surface area contributed by atoms with Gasteiger partial charge in [-0.15, -0.1) is 10.2 Å². The summed E-state index contributed by atoms with van der Waals surface area (Å²) in [5, 5.41) is 8.63. The molecule has 7 nitrogen and oxygen atoms in total. The molecule has 0 aliphatic heterocycles. The molecular formula is C15H17FN6OS. The Balaban J connectivity index is 1.89. The highest BCUT2D eigenvalue weighted by molar-refractivity contribution is 7.98. The molecule has 0 spiro atoms. The maximum absolute atomic E-state index is 13.9. The first-order valence-corrected chi connectivity index (χ1v) is 8.44. The van der Waals surface area contributed by atoms with Crippen LogP contribution >= 0.6 is 11.8 Å². The van der Waals surface area contributed by atoms with Gasteiger partial charge in [-0.05, 0) is 26.0 Å². The number of imidazole rings is 1. The molecule has 0 fully saturated rings. The average Bonchev–Trinajstić information content (AvgIpc) is 3.07. The number of aryl methyl sites for hydroxylation is 2. The number of carbonyl (C=O) groups is 1. The summed E-state index contributed by atoms with van der Waals surface area (Å²) in [5.41, 5.74) is 6.39. The number of thioether (sulfide) groups is 1. The average molecular weight is 348 g/mol. The first-order valence-electron chi connectivity index (χ1n) is 7.45. The minimum absolute atomic E-state index is 0.0278. The van der Waals surface area contributed by atoms with E-state index in [2.05, 4.69) is 15.2 Å². The van der Waals surface area contributed by atoms with Crippen LogP contribution in [0.1, 0.15) is 18.6 Å². The molecule has 2 N–H and O–H groups in total. The van der Waals surface area contributed by atoms with Crippen LogP contribution in [0.2, 0.25) is 0 Å². The number of aromatic nitrogens is 5. The minimum atomic E-state index is -0.456. The first-order chi connectivity index (χ1) is 11.5. The number of primary amides is 1. The van der Waals surface area contributed by atoms with Gasteiger partial charge in [0, 0.05) is 6.54 Å². The van der Waals surface area contributed by atoms with Gasteiger partial charge in [0.15, 0.2) is 11.0 Å². The summed E-state index contributed by atoms with van der Waals surface area (Å²) in [4.78, 5) is 15.6. The van der Waals surface area contributed by atoms with Gasteiger partial charge in [0.1, 0.15) is 23.7 Å². The zero-order valence-electron chi connectivity index (χ0n) is 13.4. The number of hydrogen-bond donors (Lipinski definition) is 1. The lowest BCUT2D eigenvalue weighted by molar-refractivity contribution is -0.118. The molecule has 3 rings (SSSR count). The SMILES string of the molecule is CCn1c(CSc2nnc(C)n2CC(N)=O)nc2c(F)cccc21. The maximum atomic E-state index is 13.9. The van der Waals surface area contributed by atoms with Crippen molar-refractivity contribution in [1.29, 1.82) is 0 Å². The van der Waals surface area contributed by atoms with Gasteiger partial charge in [0.2, 0.25) is 5.91 Å². The van der Waals surface area contributed by atoms with Crippen molar-refractivity contribution in [2.45, 2.75) is 37.8 Å². The summed E-state index contributed by atoms with van der Waals surface area (Å²) >= 11 is 1.39. The van der Waals surface area contributed by atoms with E-state index in [9.17, 15) is 9.18 Å². The second kappa shape index (κ2) is 6.60. The van der Waals surface area contributed by atoms with Crippen molar-refractivity contribution in [3.05, 3.63) is 35.7 Å². The van der Waals surface area contributed by atoms with Crippen LogP contribution in [0.3, 0.4) is 0 Å². The van der Waals surface area contributed by atoms with Gasteiger partial charge in [0.05, 0.1) is 11.3 Å². The molecule has 0 aliphatic carbocycles. The fourth-order valence-corrected chi connectivity index (χ4v) is 3.49. The fourth-order valence-electron chi connectivity index (χ4n) is 2.56. The molecule has 24 heavy (non-hydrogen) atoms. The number of para-hydroxylation sites is 1. The van der Waals surface area contributed by atoms with Crippen LogP contribution in [0.25, 0.3) is 11.0 Å². The highest BCUT2D eigenvalue weighted by Gasteiger charge is 2.16. The summed E-state index contributed by atoms with van der Waals surface area (Å²) in [6, 6.07) is 4.93. The molecule has 0 radical (unpaired) electrons. The Labute approximate surface area is 142 Å². The molecule has 1 amide bonds. The highest BCUT2D eigenvalue weighted by Crippen LogP contribution is 2.25. The Morgan fingerprint density at radius 3 is 2.83 bits per heavy atom. The molecule has 0 saturated heterocycles. The van der Waals surface area contributed by atoms with Gasteiger partial charge in [0.25, 0.3) is 0 Å². The summed E-state index contributed by atoms with van der Waals surface area (Å²) < 4.78 is 17.6. The number of nitrogens with two attached hydrogens (primary N) is 1. The summed E-state index contributed by atoms with van der Waals surface area (Å²) in [6.07, 6.45) is 0. The van der Waals surface area contributed by atoms with Crippen LogP contribution in [0.4, 0.5) is 4.39 Å². The smallest absolute Gasteiger partial charge is 0.237 e. The van der Waals surface area contributed by atoms with E-state index in [1.165, 1.54) is 17.8 Å². The van der Waals surface area contributed by atoms with E-state index in [0.717, 1.165) is 11.3 Å². The Bertz CT molecular complexity index is 903. The number of rotatable bonds is 6. The number of nitrogens with zero attached hydrogens (tertiary/aromatic N) is 5. The third kappa shape index (κ3) is 2.99. The normalized spacial score (nSPS) is 11.3. The predicted molar refractivity (Wildman–Crippen MR) is 88.9 cm³/mol. The maximum Gasteiger partial charge on any atom is 0.237 e. The second-order valence-corrected chi connectivity index (χ2v) is 6.19. The summed E-state index contributed by atoms with van der Waals surface area (Å²) in [5.74, 6) is 1.06. The van der Waals surface area contributed by atoms with Crippen molar-refractivity contribution in [1.82, 2.24) is 24.3 Å². The van der Waals surface area contributed by atoms with Crippen molar-refractivity contribution in [3.8, 4) is 0 Å². The number of carbonyl (C=O) groups excluding carboxylic acids is 1. The minimum Gasteiger partial charge on any atom is -0.368 e. The number of amides is 1. The van der Waals surface area contributed by atoms with Crippen molar-refractivity contribution in [2.24, 2.45) is 5.73 Å².